The molecular weight excluding hydrogens is 338 g/mol. The average molecular weight is 353 g/mol. The van der Waals surface area contributed by atoms with Gasteiger partial charge in [-0.05, 0) is 30.2 Å². The number of aliphatic hydroxyl groups excluding tert-OH is 1. The molecule has 0 aromatic heterocycles. The number of rotatable bonds is 7. The molecule has 1 aliphatic heterocycles. The van der Waals surface area contributed by atoms with Gasteiger partial charge in [0.2, 0.25) is 0 Å². The maximum Gasteiger partial charge on any atom is 0.341 e. The van der Waals surface area contributed by atoms with E-state index in [1.165, 1.54) is 16.7 Å². The second-order valence-electron chi connectivity index (χ2n) is 4.67. The van der Waals surface area contributed by atoms with Crippen LogP contribution in [0, 0.1) is 0 Å². The summed E-state index contributed by atoms with van der Waals surface area (Å²) in [5.74, 6) is -0.831. The Morgan fingerprint density at radius 2 is 2.22 bits per heavy atom. The number of thioether (sulfide) groups is 1. The van der Waals surface area contributed by atoms with Crippen LogP contribution in [0.3, 0.4) is 0 Å². The summed E-state index contributed by atoms with van der Waals surface area (Å²) in [5, 5.41) is 17.5. The van der Waals surface area contributed by atoms with E-state index in [2.05, 4.69) is 0 Å². The van der Waals surface area contributed by atoms with Crippen molar-refractivity contribution >= 4 is 46.3 Å². The largest absolute Gasteiger partial charge is 0.482 e. The van der Waals surface area contributed by atoms with E-state index >= 15 is 0 Å². The highest BCUT2D eigenvalue weighted by Gasteiger charge is 2.31. The highest BCUT2D eigenvalue weighted by Crippen LogP contribution is 2.32. The van der Waals surface area contributed by atoms with E-state index in [9.17, 15) is 9.59 Å². The van der Waals surface area contributed by atoms with Gasteiger partial charge in [-0.3, -0.25) is 9.69 Å². The van der Waals surface area contributed by atoms with Crippen molar-refractivity contribution in [3.05, 3.63) is 34.7 Å². The summed E-state index contributed by atoms with van der Waals surface area (Å²) in [6, 6.07) is 6.80. The predicted octanol–water partition coefficient (Wildman–Crippen LogP) is 1.73. The molecule has 0 unspecified atom stereocenters. The van der Waals surface area contributed by atoms with Gasteiger partial charge in [0.25, 0.3) is 5.91 Å². The van der Waals surface area contributed by atoms with Gasteiger partial charge in [0.05, 0.1) is 4.91 Å². The number of amides is 1. The zero-order valence-corrected chi connectivity index (χ0v) is 13.7. The number of ether oxygens (including phenoxy) is 1. The van der Waals surface area contributed by atoms with Crippen molar-refractivity contribution < 1.29 is 24.5 Å². The Morgan fingerprint density at radius 1 is 1.43 bits per heavy atom. The number of aliphatic hydroxyl groups is 1. The third kappa shape index (κ3) is 4.78. The Balaban J connectivity index is 2.12. The molecule has 1 aromatic rings. The van der Waals surface area contributed by atoms with E-state index in [-0.39, 0.29) is 12.5 Å². The summed E-state index contributed by atoms with van der Waals surface area (Å²) in [6.07, 6.45) is 2.16. The second-order valence-corrected chi connectivity index (χ2v) is 6.34. The molecule has 8 heteroatoms. The number of hydrogen-bond donors (Lipinski definition) is 2. The fourth-order valence-corrected chi connectivity index (χ4v) is 3.22. The number of nitrogens with zero attached hydrogens (tertiary/aromatic N) is 1. The first kappa shape index (κ1) is 17.5. The van der Waals surface area contributed by atoms with Crippen LogP contribution in [-0.2, 0) is 9.59 Å². The minimum Gasteiger partial charge on any atom is -0.482 e. The molecule has 1 aromatic carbocycles. The molecule has 6 nitrogen and oxygen atoms in total. The normalized spacial score (nSPS) is 16.2. The maximum absolute atomic E-state index is 12.3. The van der Waals surface area contributed by atoms with Crippen molar-refractivity contribution in [2.45, 2.75) is 6.42 Å². The van der Waals surface area contributed by atoms with Crippen LogP contribution in [0.2, 0.25) is 0 Å². The van der Waals surface area contributed by atoms with Gasteiger partial charge in [0.15, 0.2) is 6.61 Å². The van der Waals surface area contributed by atoms with Crippen molar-refractivity contribution in [1.82, 2.24) is 4.90 Å². The van der Waals surface area contributed by atoms with Gasteiger partial charge in [-0.25, -0.2) is 4.79 Å². The number of thiocarbonyl (C=S) groups is 1. The Morgan fingerprint density at radius 3 is 2.91 bits per heavy atom. The summed E-state index contributed by atoms with van der Waals surface area (Å²) < 4.78 is 5.58. The minimum absolute atomic E-state index is 0.000924. The average Bonchev–Trinajstić information content (AvgIpc) is 2.78. The quantitative estimate of drug-likeness (QED) is 0.570. The highest BCUT2D eigenvalue weighted by molar-refractivity contribution is 8.26. The van der Waals surface area contributed by atoms with Crippen LogP contribution in [-0.4, -0.2) is 51.1 Å². The molecule has 1 aliphatic rings. The Labute approximate surface area is 142 Å². The Bertz CT molecular complexity index is 659. The molecule has 23 heavy (non-hydrogen) atoms. The molecule has 0 saturated carbocycles. The predicted molar refractivity (Wildman–Crippen MR) is 91.2 cm³/mol. The zero-order valence-electron chi connectivity index (χ0n) is 12.1. The fraction of sp³-hybridized carbons (Fsp3) is 0.267. The monoisotopic (exact) mass is 353 g/mol. The van der Waals surface area contributed by atoms with E-state index in [0.717, 1.165) is 5.56 Å². The summed E-state index contributed by atoms with van der Waals surface area (Å²) in [4.78, 5) is 24.8. The minimum atomic E-state index is -1.06. The van der Waals surface area contributed by atoms with Gasteiger partial charge in [-0.15, -0.1) is 0 Å². The van der Waals surface area contributed by atoms with Crippen molar-refractivity contribution in [2.24, 2.45) is 0 Å². The van der Waals surface area contributed by atoms with Crippen molar-refractivity contribution in [1.29, 1.82) is 0 Å². The number of aliphatic carboxylic acids is 1. The lowest BCUT2D eigenvalue weighted by molar-refractivity contribution is -0.139. The molecular formula is C15H15NO5S2. The van der Waals surface area contributed by atoms with Gasteiger partial charge in [-0.1, -0.05) is 36.1 Å². The molecule has 0 atom stereocenters. The van der Waals surface area contributed by atoms with Crippen LogP contribution in [0.5, 0.6) is 5.75 Å². The summed E-state index contributed by atoms with van der Waals surface area (Å²) >= 11 is 6.38. The Kier molecular flexibility index (Phi) is 6.14. The lowest BCUT2D eigenvalue weighted by Gasteiger charge is -2.12. The zero-order chi connectivity index (χ0) is 16.8. The van der Waals surface area contributed by atoms with Crippen LogP contribution in [0.25, 0.3) is 6.08 Å². The van der Waals surface area contributed by atoms with E-state index in [4.69, 9.17) is 27.2 Å². The molecule has 0 aliphatic carbocycles. The lowest BCUT2D eigenvalue weighted by Crippen LogP contribution is -2.29. The Hall–Kier alpha value is -1.90. The maximum atomic E-state index is 12.3. The standard InChI is InChI=1S/C15H15NO5S2/c17-6-2-5-16-14(20)12(23-15(16)22)8-10-3-1-4-11(7-10)21-9-13(18)19/h1,3-4,7-8,17H,2,5-6,9H2,(H,18,19)/b12-8-. The first-order valence-electron chi connectivity index (χ1n) is 6.82. The third-order valence-corrected chi connectivity index (χ3v) is 4.31. The first-order chi connectivity index (χ1) is 11.0. The molecule has 1 amide bonds. The molecule has 1 heterocycles. The summed E-state index contributed by atoms with van der Waals surface area (Å²) in [7, 11) is 0. The highest BCUT2D eigenvalue weighted by atomic mass is 32.2. The van der Waals surface area contributed by atoms with Crippen LogP contribution in [0.15, 0.2) is 29.2 Å². The van der Waals surface area contributed by atoms with Crippen LogP contribution in [0.4, 0.5) is 0 Å². The number of carbonyl (C=O) groups excluding carboxylic acids is 1. The smallest absolute Gasteiger partial charge is 0.341 e. The first-order valence-corrected chi connectivity index (χ1v) is 8.04. The van der Waals surface area contributed by atoms with Crippen molar-refractivity contribution in [3.63, 3.8) is 0 Å². The van der Waals surface area contributed by atoms with E-state index in [1.54, 1.807) is 30.3 Å². The molecule has 2 rings (SSSR count). The third-order valence-electron chi connectivity index (χ3n) is 2.93. The molecule has 2 N–H and O–H groups in total. The van der Waals surface area contributed by atoms with Crippen LogP contribution >= 0.6 is 24.0 Å². The SMILES string of the molecule is O=C(O)COc1cccc(/C=C2\SC(=S)N(CCCO)C2=O)c1. The van der Waals surface area contributed by atoms with Gasteiger partial charge in [0.1, 0.15) is 10.1 Å². The molecule has 1 saturated heterocycles. The van der Waals surface area contributed by atoms with Crippen molar-refractivity contribution in [2.75, 3.05) is 19.8 Å². The van der Waals surface area contributed by atoms with E-state index in [1.807, 2.05) is 0 Å². The molecule has 122 valence electrons. The van der Waals surface area contributed by atoms with Crippen LogP contribution in [0.1, 0.15) is 12.0 Å². The van der Waals surface area contributed by atoms with Gasteiger partial charge in [0, 0.05) is 13.2 Å². The lowest BCUT2D eigenvalue weighted by atomic mass is 10.2. The van der Waals surface area contributed by atoms with Crippen LogP contribution < -0.4 is 4.74 Å². The van der Waals surface area contributed by atoms with E-state index < -0.39 is 12.6 Å². The molecule has 0 bridgehead atoms. The number of benzene rings is 1. The molecule has 1 fully saturated rings. The molecule has 0 spiro atoms. The number of carboxylic acid groups (broad SMARTS) is 1. The number of carboxylic acids is 1. The van der Waals surface area contributed by atoms with Crippen molar-refractivity contribution in [3.8, 4) is 5.75 Å². The fourth-order valence-electron chi connectivity index (χ4n) is 1.91. The molecule has 0 radical (unpaired) electrons. The topological polar surface area (TPSA) is 87.1 Å². The van der Waals surface area contributed by atoms with Gasteiger partial charge >= 0.3 is 5.97 Å². The summed E-state index contributed by atoms with van der Waals surface area (Å²) in [5.41, 5.74) is 0.718. The van der Waals surface area contributed by atoms with Gasteiger partial charge in [-0.2, -0.15) is 0 Å². The van der Waals surface area contributed by atoms with Gasteiger partial charge < -0.3 is 14.9 Å². The summed E-state index contributed by atoms with van der Waals surface area (Å²) in [6.45, 7) is -0.0356. The number of carbonyl (C=O) groups is 2. The number of hydrogen-bond acceptors (Lipinski definition) is 6. The van der Waals surface area contributed by atoms with E-state index in [0.29, 0.717) is 27.9 Å². The second kappa shape index (κ2) is 8.09.